The van der Waals surface area contributed by atoms with E-state index >= 15 is 0 Å². The maximum absolute atomic E-state index is 6.47. The highest BCUT2D eigenvalue weighted by Gasteiger charge is 2.74. The minimum absolute atomic E-state index is 0.385. The van der Waals surface area contributed by atoms with Crippen LogP contribution in [0.4, 0.5) is 0 Å². The molecule has 1 heterocycles. The van der Waals surface area contributed by atoms with Gasteiger partial charge in [-0.2, -0.15) is 0 Å². The van der Waals surface area contributed by atoms with Gasteiger partial charge in [-0.05, 0) is 71.3 Å². The van der Waals surface area contributed by atoms with E-state index in [4.69, 9.17) is 10.7 Å². The van der Waals surface area contributed by atoms with E-state index in [-0.39, 0.29) is 0 Å². The summed E-state index contributed by atoms with van der Waals surface area (Å²) in [7, 11) is 5.90. The van der Waals surface area contributed by atoms with Gasteiger partial charge in [-0.3, -0.25) is 4.99 Å². The van der Waals surface area contributed by atoms with Gasteiger partial charge in [-0.1, -0.05) is 56.0 Å². The Morgan fingerprint density at radius 2 is 2.14 bits per heavy atom. The summed E-state index contributed by atoms with van der Waals surface area (Å²) in [4.78, 5) is 11.8. The third kappa shape index (κ3) is 4.33. The van der Waals surface area contributed by atoms with Crippen molar-refractivity contribution in [2.75, 3.05) is 21.1 Å². The predicted molar refractivity (Wildman–Crippen MR) is 157 cm³/mol. The molecule has 5 rings (SSSR count). The minimum atomic E-state index is 0.385. The molecule has 1 aliphatic heterocycles. The van der Waals surface area contributed by atoms with Crippen molar-refractivity contribution in [3.8, 4) is 0 Å². The number of hydrogen-bond acceptors (Lipinski definition) is 5. The lowest BCUT2D eigenvalue weighted by atomic mass is 9.29. The largest absolute Gasteiger partial charge is 0.383 e. The molecule has 3 aliphatic carbocycles. The van der Waals surface area contributed by atoms with Crippen molar-refractivity contribution >= 4 is 17.5 Å². The number of nitrogens with one attached hydrogen (secondary N) is 1. The monoisotopic (exact) mass is 495 g/mol. The highest BCUT2D eigenvalue weighted by Crippen LogP contribution is 2.73. The van der Waals surface area contributed by atoms with E-state index in [1.165, 1.54) is 12.8 Å². The summed E-state index contributed by atoms with van der Waals surface area (Å²) in [6.45, 7) is 6.20. The Balaban J connectivity index is 1.54. The van der Waals surface area contributed by atoms with Gasteiger partial charge in [0.15, 0.2) is 0 Å². The number of rotatable bonds is 9. The molecule has 4 aliphatic rings. The number of allylic oxidation sites excluding steroid dienone is 7. The molecule has 1 aromatic rings. The van der Waals surface area contributed by atoms with Gasteiger partial charge < -0.3 is 16.0 Å². The van der Waals surface area contributed by atoms with Crippen molar-refractivity contribution in [2.24, 2.45) is 33.0 Å². The summed E-state index contributed by atoms with van der Waals surface area (Å²) in [5.41, 5.74) is 13.6. The van der Waals surface area contributed by atoms with Gasteiger partial charge in [0.1, 0.15) is 5.82 Å². The molecular formula is C32H41N5. The van der Waals surface area contributed by atoms with E-state index in [0.29, 0.717) is 29.3 Å². The molecule has 0 saturated heterocycles. The van der Waals surface area contributed by atoms with Gasteiger partial charge in [0.05, 0.1) is 5.71 Å². The first-order chi connectivity index (χ1) is 17.9. The molecule has 5 heteroatoms. The fourth-order valence-corrected chi connectivity index (χ4v) is 7.03. The Bertz CT molecular complexity index is 1240. The molecule has 194 valence electrons. The zero-order valence-electron chi connectivity index (χ0n) is 22.7. The smallest absolute Gasteiger partial charge is 0.134 e. The maximum atomic E-state index is 6.47. The molecule has 3 saturated carbocycles. The van der Waals surface area contributed by atoms with Crippen LogP contribution in [0.2, 0.25) is 0 Å². The maximum Gasteiger partial charge on any atom is 0.134 e. The lowest BCUT2D eigenvalue weighted by Gasteiger charge is -2.78. The normalized spacial score (nSPS) is 30.9. The second-order valence-corrected chi connectivity index (χ2v) is 11.1. The zero-order valence-corrected chi connectivity index (χ0v) is 22.7. The Morgan fingerprint density at radius 1 is 1.30 bits per heavy atom. The standard InChI is InChI=1S/C32H41N5/c1-6-10-24(19-34-3)25-13-9-14-28(23-12-8-11-22(17-23)21(7-2)20-37(4)5)35-31(25)36-30-26-15-16-32(26)27(30)18-29(32)33/h7-13,17,19-20,26-27,29-30,36H,2,6,14-16,18,33H2,1,3-5H3/b21-20+,24-10+,34-19-. The molecule has 3 N–H and O–H groups in total. The van der Waals surface area contributed by atoms with Crippen LogP contribution < -0.4 is 11.1 Å². The van der Waals surface area contributed by atoms with Crippen molar-refractivity contribution in [3.63, 3.8) is 0 Å². The molecule has 0 aromatic heterocycles. The van der Waals surface area contributed by atoms with Crippen LogP contribution in [0.25, 0.3) is 5.57 Å². The first-order valence-corrected chi connectivity index (χ1v) is 13.7. The molecule has 0 radical (unpaired) electrons. The summed E-state index contributed by atoms with van der Waals surface area (Å²) in [5, 5.41) is 3.94. The van der Waals surface area contributed by atoms with Gasteiger partial charge in [-0.15, -0.1) is 0 Å². The van der Waals surface area contributed by atoms with E-state index in [9.17, 15) is 0 Å². The topological polar surface area (TPSA) is 66.0 Å². The fourth-order valence-electron chi connectivity index (χ4n) is 7.03. The van der Waals surface area contributed by atoms with Gasteiger partial charge in [0, 0.05) is 57.6 Å². The van der Waals surface area contributed by atoms with Crippen LogP contribution in [-0.4, -0.2) is 50.1 Å². The molecule has 1 spiro atoms. The van der Waals surface area contributed by atoms with Crippen LogP contribution in [-0.2, 0) is 0 Å². The van der Waals surface area contributed by atoms with E-state index in [0.717, 1.165) is 58.6 Å². The van der Waals surface area contributed by atoms with Gasteiger partial charge in [-0.25, -0.2) is 4.99 Å². The van der Waals surface area contributed by atoms with Crippen LogP contribution in [0.15, 0.2) is 88.3 Å². The summed E-state index contributed by atoms with van der Waals surface area (Å²) in [6.07, 6.45) is 18.1. The molecule has 5 unspecified atom stereocenters. The number of hydrogen-bond donors (Lipinski definition) is 2. The van der Waals surface area contributed by atoms with Crippen LogP contribution in [0.5, 0.6) is 0 Å². The Morgan fingerprint density at radius 3 is 2.76 bits per heavy atom. The molecule has 0 bridgehead atoms. The second-order valence-electron chi connectivity index (χ2n) is 11.1. The highest BCUT2D eigenvalue weighted by molar-refractivity contribution is 6.03. The van der Waals surface area contributed by atoms with E-state index in [1.54, 1.807) is 0 Å². The number of benzene rings is 1. The Hall–Kier alpha value is -3.18. The fraction of sp³-hybridized carbons (Fsp3) is 0.438. The van der Waals surface area contributed by atoms with Crippen molar-refractivity contribution in [2.45, 2.75) is 51.1 Å². The molecule has 1 aromatic carbocycles. The first-order valence-electron chi connectivity index (χ1n) is 13.7. The van der Waals surface area contributed by atoms with Crippen LogP contribution in [0.1, 0.15) is 50.2 Å². The lowest BCUT2D eigenvalue weighted by molar-refractivity contribution is -0.252. The summed E-state index contributed by atoms with van der Waals surface area (Å²) in [6, 6.07) is 9.49. The molecule has 5 atom stereocenters. The summed E-state index contributed by atoms with van der Waals surface area (Å²) in [5.74, 6) is 2.32. The van der Waals surface area contributed by atoms with Crippen molar-refractivity contribution in [1.82, 2.24) is 10.2 Å². The SMILES string of the molecule is C=C/C(=C\N(C)C)c1cccc(C2=NC(NC3C4CCC45C(N)CC35)=C(C(/C=N\C)=C/CC)C=CC2)c1. The summed E-state index contributed by atoms with van der Waals surface area (Å²) < 4.78 is 0. The molecule has 37 heavy (non-hydrogen) atoms. The van der Waals surface area contributed by atoms with Crippen molar-refractivity contribution < 1.29 is 0 Å². The molecular weight excluding hydrogens is 454 g/mol. The number of nitrogens with two attached hydrogens (primary N) is 1. The van der Waals surface area contributed by atoms with Crippen molar-refractivity contribution in [1.29, 1.82) is 0 Å². The average molecular weight is 496 g/mol. The van der Waals surface area contributed by atoms with Crippen LogP contribution in [0, 0.1) is 17.3 Å². The number of aliphatic imine (C=N–C) groups is 2. The Kier molecular flexibility index (Phi) is 7.09. The zero-order chi connectivity index (χ0) is 26.2. The Labute approximate surface area is 222 Å². The highest BCUT2D eigenvalue weighted by atomic mass is 15.1. The van der Waals surface area contributed by atoms with Gasteiger partial charge in [0.25, 0.3) is 0 Å². The lowest BCUT2D eigenvalue weighted by Crippen LogP contribution is -2.82. The summed E-state index contributed by atoms with van der Waals surface area (Å²) >= 11 is 0. The van der Waals surface area contributed by atoms with Crippen LogP contribution in [0.3, 0.4) is 0 Å². The van der Waals surface area contributed by atoms with Gasteiger partial charge >= 0.3 is 0 Å². The van der Waals surface area contributed by atoms with E-state index in [2.05, 4.69) is 77.4 Å². The quantitative estimate of drug-likeness (QED) is 0.352. The first kappa shape index (κ1) is 25.5. The third-order valence-corrected chi connectivity index (χ3v) is 8.88. The molecule has 3 fully saturated rings. The van der Waals surface area contributed by atoms with Crippen molar-refractivity contribution in [3.05, 3.63) is 89.4 Å². The number of nitrogens with zero attached hydrogens (tertiary/aromatic N) is 3. The van der Waals surface area contributed by atoms with E-state index < -0.39 is 0 Å². The predicted octanol–water partition coefficient (Wildman–Crippen LogP) is 5.49. The molecule has 5 nitrogen and oxygen atoms in total. The second kappa shape index (κ2) is 10.3. The average Bonchev–Trinajstić information content (AvgIpc) is 3.07. The van der Waals surface area contributed by atoms with Crippen LogP contribution >= 0.6 is 0 Å². The third-order valence-electron chi connectivity index (χ3n) is 8.88. The van der Waals surface area contributed by atoms with E-state index in [1.807, 2.05) is 33.4 Å². The minimum Gasteiger partial charge on any atom is -0.383 e. The molecule has 0 amide bonds. The van der Waals surface area contributed by atoms with Gasteiger partial charge in [0.2, 0.25) is 0 Å².